The number of nitrogens with two attached hydrogens (primary N) is 1. The quantitative estimate of drug-likeness (QED) is 0.804. The Hall–Kier alpha value is -2.03. The van der Waals surface area contributed by atoms with Crippen LogP contribution in [0.25, 0.3) is 0 Å². The van der Waals surface area contributed by atoms with Crippen LogP contribution in [0.15, 0.2) is 42.5 Å². The summed E-state index contributed by atoms with van der Waals surface area (Å²) >= 11 is 0. The third-order valence-corrected chi connectivity index (χ3v) is 3.04. The number of aryl methyl sites for hydroxylation is 1. The zero-order chi connectivity index (χ0) is 13.1. The molecule has 1 atom stereocenters. The van der Waals surface area contributed by atoms with Gasteiger partial charge in [-0.15, -0.1) is 0 Å². The zero-order valence-corrected chi connectivity index (χ0v) is 10.6. The fourth-order valence-electron chi connectivity index (χ4n) is 2.05. The van der Waals surface area contributed by atoms with E-state index < -0.39 is 0 Å². The number of benzene rings is 2. The maximum absolute atomic E-state index is 13.0. The lowest BCUT2D eigenvalue weighted by Gasteiger charge is -2.19. The maximum atomic E-state index is 13.0. The first-order valence-electron chi connectivity index (χ1n) is 5.95. The molecule has 0 bridgehead atoms. The van der Waals surface area contributed by atoms with E-state index in [4.69, 9.17) is 5.73 Å². The Morgan fingerprint density at radius 2 is 1.89 bits per heavy atom. The van der Waals surface area contributed by atoms with Gasteiger partial charge in [0, 0.05) is 6.04 Å². The number of rotatable bonds is 3. The summed E-state index contributed by atoms with van der Waals surface area (Å²) in [5.41, 5.74) is 9.40. The van der Waals surface area contributed by atoms with Crippen molar-refractivity contribution in [3.8, 4) is 0 Å². The van der Waals surface area contributed by atoms with Gasteiger partial charge in [0.25, 0.3) is 0 Å². The number of halogens is 1. The minimum Gasteiger partial charge on any atom is -0.397 e. The highest BCUT2D eigenvalue weighted by molar-refractivity contribution is 5.66. The van der Waals surface area contributed by atoms with Crippen molar-refractivity contribution in [2.45, 2.75) is 19.9 Å². The third kappa shape index (κ3) is 2.62. The highest BCUT2D eigenvalue weighted by Gasteiger charge is 2.09. The predicted molar refractivity (Wildman–Crippen MR) is 74.0 cm³/mol. The first-order chi connectivity index (χ1) is 8.58. The molecule has 2 nitrogen and oxygen atoms in total. The fourth-order valence-corrected chi connectivity index (χ4v) is 2.05. The number of anilines is 2. The largest absolute Gasteiger partial charge is 0.397 e. The topological polar surface area (TPSA) is 38.0 Å². The molecule has 2 aromatic carbocycles. The molecule has 18 heavy (non-hydrogen) atoms. The Morgan fingerprint density at radius 1 is 1.17 bits per heavy atom. The highest BCUT2D eigenvalue weighted by Crippen LogP contribution is 2.26. The Bertz CT molecular complexity index is 552. The molecule has 0 aliphatic rings. The first kappa shape index (κ1) is 12.4. The van der Waals surface area contributed by atoms with Crippen LogP contribution >= 0.6 is 0 Å². The Morgan fingerprint density at radius 3 is 2.56 bits per heavy atom. The van der Waals surface area contributed by atoms with Crippen LogP contribution < -0.4 is 11.1 Å². The van der Waals surface area contributed by atoms with Gasteiger partial charge in [-0.2, -0.15) is 0 Å². The molecule has 94 valence electrons. The van der Waals surface area contributed by atoms with E-state index >= 15 is 0 Å². The summed E-state index contributed by atoms with van der Waals surface area (Å²) in [4.78, 5) is 0. The lowest BCUT2D eigenvalue weighted by atomic mass is 10.0. The maximum Gasteiger partial charge on any atom is 0.125 e. The van der Waals surface area contributed by atoms with E-state index in [1.54, 1.807) is 6.07 Å². The smallest absolute Gasteiger partial charge is 0.125 e. The van der Waals surface area contributed by atoms with E-state index in [9.17, 15) is 4.39 Å². The van der Waals surface area contributed by atoms with Crippen molar-refractivity contribution < 1.29 is 4.39 Å². The van der Waals surface area contributed by atoms with Gasteiger partial charge in [-0.3, -0.25) is 0 Å². The zero-order valence-electron chi connectivity index (χ0n) is 10.6. The summed E-state index contributed by atoms with van der Waals surface area (Å²) in [6.45, 7) is 4.13. The molecule has 0 heterocycles. The van der Waals surface area contributed by atoms with Crippen LogP contribution in [0.1, 0.15) is 24.1 Å². The summed E-state index contributed by atoms with van der Waals surface area (Å²) < 4.78 is 13.0. The molecule has 3 heteroatoms. The van der Waals surface area contributed by atoms with E-state index in [2.05, 4.69) is 31.3 Å². The van der Waals surface area contributed by atoms with Gasteiger partial charge in [-0.25, -0.2) is 4.39 Å². The van der Waals surface area contributed by atoms with Gasteiger partial charge < -0.3 is 11.1 Å². The second-order valence-electron chi connectivity index (χ2n) is 4.45. The summed E-state index contributed by atoms with van der Waals surface area (Å²) in [7, 11) is 0. The molecule has 0 amide bonds. The van der Waals surface area contributed by atoms with Crippen molar-refractivity contribution >= 4 is 11.4 Å². The molecule has 1 unspecified atom stereocenters. The van der Waals surface area contributed by atoms with Gasteiger partial charge in [-0.1, -0.05) is 24.3 Å². The molecule has 2 aromatic rings. The molecule has 0 spiro atoms. The second-order valence-corrected chi connectivity index (χ2v) is 4.45. The van der Waals surface area contributed by atoms with Gasteiger partial charge in [-0.05, 0) is 43.2 Å². The molecule has 0 aliphatic carbocycles. The molecule has 3 N–H and O–H groups in total. The molecule has 2 rings (SSSR count). The van der Waals surface area contributed by atoms with E-state index in [0.717, 1.165) is 5.69 Å². The average Bonchev–Trinajstić information content (AvgIpc) is 2.33. The minimum atomic E-state index is -0.318. The highest BCUT2D eigenvalue weighted by atomic mass is 19.1. The lowest BCUT2D eigenvalue weighted by Crippen LogP contribution is -2.09. The number of nitrogens with one attached hydrogen (secondary N) is 1. The van der Waals surface area contributed by atoms with Crippen molar-refractivity contribution in [1.29, 1.82) is 0 Å². The van der Waals surface area contributed by atoms with Crippen LogP contribution in [-0.2, 0) is 0 Å². The van der Waals surface area contributed by atoms with Crippen molar-refractivity contribution in [3.63, 3.8) is 0 Å². The van der Waals surface area contributed by atoms with Gasteiger partial charge in [0.15, 0.2) is 0 Å². The summed E-state index contributed by atoms with van der Waals surface area (Å²) in [5.74, 6) is -0.318. The van der Waals surface area contributed by atoms with Gasteiger partial charge in [0.2, 0.25) is 0 Å². The first-order valence-corrected chi connectivity index (χ1v) is 5.95. The van der Waals surface area contributed by atoms with E-state index in [1.165, 1.54) is 23.3 Å². The number of hydrogen-bond donors (Lipinski definition) is 2. The molecule has 0 radical (unpaired) electrons. The Kier molecular flexibility index (Phi) is 3.51. The van der Waals surface area contributed by atoms with Crippen molar-refractivity contribution in [2.75, 3.05) is 11.1 Å². The SMILES string of the molecule is Cc1ccccc1C(C)Nc1ccc(F)cc1N. The molecule has 0 aromatic heterocycles. The molecular weight excluding hydrogens is 227 g/mol. The molecule has 0 fully saturated rings. The number of nitrogen functional groups attached to an aromatic ring is 1. The van der Waals surface area contributed by atoms with Crippen LogP contribution in [0, 0.1) is 12.7 Å². The number of hydrogen-bond acceptors (Lipinski definition) is 2. The lowest BCUT2D eigenvalue weighted by molar-refractivity contribution is 0.628. The minimum absolute atomic E-state index is 0.124. The summed E-state index contributed by atoms with van der Waals surface area (Å²) in [6.07, 6.45) is 0. The van der Waals surface area contributed by atoms with Crippen LogP contribution in [0.4, 0.5) is 15.8 Å². The van der Waals surface area contributed by atoms with Crippen molar-refractivity contribution in [2.24, 2.45) is 0 Å². The van der Waals surface area contributed by atoms with E-state index in [-0.39, 0.29) is 11.9 Å². The molecular formula is C15H17FN2. The Labute approximate surface area is 107 Å². The second kappa shape index (κ2) is 5.08. The van der Waals surface area contributed by atoms with E-state index in [1.807, 2.05) is 12.1 Å². The Balaban J connectivity index is 2.21. The van der Waals surface area contributed by atoms with Crippen LogP contribution in [0.2, 0.25) is 0 Å². The fraction of sp³-hybridized carbons (Fsp3) is 0.200. The normalized spacial score (nSPS) is 12.2. The van der Waals surface area contributed by atoms with Gasteiger partial charge in [0.1, 0.15) is 5.82 Å². The van der Waals surface area contributed by atoms with Crippen molar-refractivity contribution in [1.82, 2.24) is 0 Å². The third-order valence-electron chi connectivity index (χ3n) is 3.04. The van der Waals surface area contributed by atoms with Crippen LogP contribution in [-0.4, -0.2) is 0 Å². The molecule has 0 saturated heterocycles. The van der Waals surface area contributed by atoms with E-state index in [0.29, 0.717) is 5.69 Å². The van der Waals surface area contributed by atoms with Crippen LogP contribution in [0.3, 0.4) is 0 Å². The van der Waals surface area contributed by atoms with Gasteiger partial charge in [0.05, 0.1) is 11.4 Å². The molecule has 0 aliphatic heterocycles. The van der Waals surface area contributed by atoms with Crippen LogP contribution in [0.5, 0.6) is 0 Å². The van der Waals surface area contributed by atoms with Gasteiger partial charge >= 0.3 is 0 Å². The predicted octanol–water partition coefficient (Wildman–Crippen LogP) is 3.89. The summed E-state index contributed by atoms with van der Waals surface area (Å²) in [5, 5.41) is 3.30. The monoisotopic (exact) mass is 244 g/mol. The molecule has 0 saturated carbocycles. The van der Waals surface area contributed by atoms with Crippen molar-refractivity contribution in [3.05, 3.63) is 59.4 Å². The summed E-state index contributed by atoms with van der Waals surface area (Å²) in [6, 6.07) is 12.7. The average molecular weight is 244 g/mol. The standard InChI is InChI=1S/C15H17FN2/c1-10-5-3-4-6-13(10)11(2)18-15-8-7-12(16)9-14(15)17/h3-9,11,18H,17H2,1-2H3.